The molecule has 2 heterocycles. The molecule has 0 aliphatic carbocycles. The van der Waals surface area contributed by atoms with Crippen LogP contribution in [0.4, 0.5) is 0 Å². The number of esters is 1. The number of hydrogen-bond donors (Lipinski definition) is 0. The lowest BCUT2D eigenvalue weighted by Gasteiger charge is -2.34. The second kappa shape index (κ2) is 5.46. The van der Waals surface area contributed by atoms with Crippen molar-refractivity contribution in [3.05, 3.63) is 35.9 Å². The first-order chi connectivity index (χ1) is 10.0. The summed E-state index contributed by atoms with van der Waals surface area (Å²) in [4.78, 5) is 12.4. The standard InChI is InChI=1S/C16H21BO4/c1-10-13-14(17)21-16(10,9-20-13)11(2)15(18)19-8-12-6-4-3-5-7-12/h3-7,10-11,13-14H,8-9,17H2,1-2H3/t10?,11-,13-,14+,16-/m0/s1. The molecule has 2 aliphatic heterocycles. The van der Waals surface area contributed by atoms with Crippen molar-refractivity contribution in [1.82, 2.24) is 0 Å². The maximum Gasteiger partial charge on any atom is 0.312 e. The summed E-state index contributed by atoms with van der Waals surface area (Å²) in [5, 5.41) is 0. The van der Waals surface area contributed by atoms with Gasteiger partial charge in [0.25, 0.3) is 0 Å². The van der Waals surface area contributed by atoms with Crippen LogP contribution in [0.2, 0.25) is 0 Å². The van der Waals surface area contributed by atoms with Crippen molar-refractivity contribution in [3.8, 4) is 0 Å². The van der Waals surface area contributed by atoms with Crippen LogP contribution in [0.5, 0.6) is 0 Å². The highest BCUT2D eigenvalue weighted by Crippen LogP contribution is 2.48. The van der Waals surface area contributed by atoms with Crippen LogP contribution in [-0.2, 0) is 25.6 Å². The van der Waals surface area contributed by atoms with Crippen LogP contribution in [-0.4, -0.2) is 38.1 Å². The van der Waals surface area contributed by atoms with Crippen LogP contribution in [0.15, 0.2) is 30.3 Å². The van der Waals surface area contributed by atoms with Crippen LogP contribution < -0.4 is 0 Å². The highest BCUT2D eigenvalue weighted by Gasteiger charge is 2.61. The Balaban J connectivity index is 1.65. The minimum Gasteiger partial charge on any atom is -0.461 e. The summed E-state index contributed by atoms with van der Waals surface area (Å²) < 4.78 is 17.3. The molecule has 21 heavy (non-hydrogen) atoms. The highest BCUT2D eigenvalue weighted by atomic mass is 16.6. The Hall–Kier alpha value is -1.33. The Morgan fingerprint density at radius 1 is 1.48 bits per heavy atom. The number of carbonyl (C=O) groups is 1. The van der Waals surface area contributed by atoms with Crippen LogP contribution in [0, 0.1) is 11.8 Å². The molecule has 2 saturated heterocycles. The second-order valence-electron chi connectivity index (χ2n) is 6.16. The van der Waals surface area contributed by atoms with Gasteiger partial charge in [0.15, 0.2) is 0 Å². The zero-order valence-electron chi connectivity index (χ0n) is 12.7. The molecular weight excluding hydrogens is 267 g/mol. The minimum atomic E-state index is -0.530. The SMILES string of the molecule is B[C@@H]1O[C@@]2([C@@H](C)C(=O)OCc3ccccc3)CO[C@H]1C2C. The minimum absolute atomic E-state index is 0.0399. The summed E-state index contributed by atoms with van der Waals surface area (Å²) in [6.45, 7) is 4.76. The van der Waals surface area contributed by atoms with Crippen molar-refractivity contribution >= 4 is 13.8 Å². The molecule has 112 valence electrons. The van der Waals surface area contributed by atoms with E-state index in [0.29, 0.717) is 13.2 Å². The molecule has 0 N–H and O–H groups in total. The molecule has 5 atom stereocenters. The van der Waals surface area contributed by atoms with Gasteiger partial charge in [-0.3, -0.25) is 4.79 Å². The van der Waals surface area contributed by atoms with Crippen LogP contribution in [0.25, 0.3) is 0 Å². The molecule has 4 nitrogen and oxygen atoms in total. The van der Waals surface area contributed by atoms with Crippen molar-refractivity contribution in [3.63, 3.8) is 0 Å². The average Bonchev–Trinajstić information content (AvgIpc) is 2.95. The van der Waals surface area contributed by atoms with Gasteiger partial charge in [0.05, 0.1) is 24.6 Å². The van der Waals surface area contributed by atoms with Gasteiger partial charge in [0.1, 0.15) is 20.1 Å². The van der Waals surface area contributed by atoms with E-state index in [2.05, 4.69) is 6.92 Å². The molecule has 0 aromatic heterocycles. The summed E-state index contributed by atoms with van der Waals surface area (Å²) in [7, 11) is 2.00. The Morgan fingerprint density at radius 3 is 2.76 bits per heavy atom. The fraction of sp³-hybridized carbons (Fsp3) is 0.562. The van der Waals surface area contributed by atoms with E-state index in [1.807, 2.05) is 45.1 Å². The van der Waals surface area contributed by atoms with Gasteiger partial charge in [0, 0.05) is 5.92 Å². The van der Waals surface area contributed by atoms with Crippen molar-refractivity contribution in [1.29, 1.82) is 0 Å². The number of fused-ring (bicyclic) bond motifs is 2. The Morgan fingerprint density at radius 2 is 2.19 bits per heavy atom. The van der Waals surface area contributed by atoms with E-state index in [1.165, 1.54) is 0 Å². The van der Waals surface area contributed by atoms with Gasteiger partial charge in [-0.15, -0.1) is 0 Å². The predicted octanol–water partition coefficient (Wildman–Crippen LogP) is 1.13. The van der Waals surface area contributed by atoms with Crippen LogP contribution in [0.3, 0.4) is 0 Å². The molecular formula is C16H21BO4. The second-order valence-corrected chi connectivity index (χ2v) is 6.16. The Labute approximate surface area is 126 Å². The third-order valence-electron chi connectivity index (χ3n) is 4.94. The summed E-state index contributed by atoms with van der Waals surface area (Å²) in [6, 6.07) is 9.75. The fourth-order valence-corrected chi connectivity index (χ4v) is 3.55. The molecule has 1 aromatic rings. The number of carbonyl (C=O) groups excluding carboxylic acids is 1. The van der Waals surface area contributed by atoms with Crippen molar-refractivity contribution in [2.75, 3.05) is 6.61 Å². The van der Waals surface area contributed by atoms with E-state index in [9.17, 15) is 4.79 Å². The Kier molecular flexibility index (Phi) is 3.80. The molecule has 2 bridgehead atoms. The smallest absolute Gasteiger partial charge is 0.312 e. The third kappa shape index (κ3) is 2.38. The van der Waals surface area contributed by atoms with Gasteiger partial charge in [-0.25, -0.2) is 0 Å². The van der Waals surface area contributed by atoms with Gasteiger partial charge in [-0.2, -0.15) is 0 Å². The van der Waals surface area contributed by atoms with Crippen LogP contribution in [0.1, 0.15) is 19.4 Å². The Bertz CT molecular complexity index is 520. The van der Waals surface area contributed by atoms with Gasteiger partial charge in [0.2, 0.25) is 0 Å². The first-order valence-corrected chi connectivity index (χ1v) is 7.54. The monoisotopic (exact) mass is 288 g/mol. The molecule has 0 spiro atoms. The number of rotatable bonds is 4. The fourth-order valence-electron chi connectivity index (χ4n) is 3.55. The predicted molar refractivity (Wildman–Crippen MR) is 80.5 cm³/mol. The molecule has 1 aromatic carbocycles. The summed E-state index contributed by atoms with van der Waals surface area (Å²) in [5.74, 6) is -0.331. The molecule has 0 amide bonds. The van der Waals surface area contributed by atoms with E-state index in [-0.39, 0.29) is 29.9 Å². The van der Waals surface area contributed by atoms with E-state index < -0.39 is 5.60 Å². The third-order valence-corrected chi connectivity index (χ3v) is 4.94. The van der Waals surface area contributed by atoms with E-state index in [0.717, 1.165) is 5.56 Å². The lowest BCUT2D eigenvalue weighted by Crippen LogP contribution is -2.47. The maximum absolute atomic E-state index is 12.4. The molecule has 1 unspecified atom stereocenters. The van der Waals surface area contributed by atoms with E-state index in [1.54, 1.807) is 0 Å². The van der Waals surface area contributed by atoms with Gasteiger partial charge >= 0.3 is 5.97 Å². The van der Waals surface area contributed by atoms with Crippen molar-refractivity contribution < 1.29 is 19.0 Å². The maximum atomic E-state index is 12.4. The number of benzene rings is 1. The van der Waals surface area contributed by atoms with Gasteiger partial charge < -0.3 is 14.2 Å². The zero-order chi connectivity index (χ0) is 15.0. The summed E-state index contributed by atoms with van der Waals surface area (Å²) >= 11 is 0. The van der Waals surface area contributed by atoms with Gasteiger partial charge in [-0.05, 0) is 12.5 Å². The van der Waals surface area contributed by atoms with Crippen LogP contribution >= 0.6 is 0 Å². The molecule has 5 heteroatoms. The lowest BCUT2D eigenvalue weighted by atomic mass is 9.79. The molecule has 3 rings (SSSR count). The normalized spacial score (nSPS) is 35.6. The molecule has 2 aliphatic rings. The summed E-state index contributed by atoms with van der Waals surface area (Å²) in [6.07, 6.45) is 0.0920. The largest absolute Gasteiger partial charge is 0.461 e. The average molecular weight is 288 g/mol. The van der Waals surface area contributed by atoms with E-state index >= 15 is 0 Å². The number of hydrogen-bond acceptors (Lipinski definition) is 4. The molecule has 0 saturated carbocycles. The lowest BCUT2D eigenvalue weighted by molar-refractivity contribution is -0.174. The highest BCUT2D eigenvalue weighted by molar-refractivity contribution is 6.11. The first-order valence-electron chi connectivity index (χ1n) is 7.54. The topological polar surface area (TPSA) is 44.8 Å². The van der Waals surface area contributed by atoms with Gasteiger partial charge in [-0.1, -0.05) is 37.3 Å². The summed E-state index contributed by atoms with van der Waals surface area (Å²) in [5.41, 5.74) is 0.461. The first kappa shape index (κ1) is 14.6. The van der Waals surface area contributed by atoms with Crippen molar-refractivity contribution in [2.24, 2.45) is 11.8 Å². The molecule has 2 fully saturated rings. The van der Waals surface area contributed by atoms with E-state index in [4.69, 9.17) is 14.2 Å². The number of ether oxygens (including phenoxy) is 3. The zero-order valence-corrected chi connectivity index (χ0v) is 12.7. The quantitative estimate of drug-likeness (QED) is 0.615. The molecule has 0 radical (unpaired) electrons. The van der Waals surface area contributed by atoms with Crippen molar-refractivity contribution in [2.45, 2.75) is 38.2 Å².